The van der Waals surface area contributed by atoms with Crippen LogP contribution in [0.25, 0.3) is 4.83 Å². The Morgan fingerprint density at radius 2 is 2.15 bits per heavy atom. The van der Waals surface area contributed by atoms with E-state index in [2.05, 4.69) is 4.98 Å². The summed E-state index contributed by atoms with van der Waals surface area (Å²) in [5.41, 5.74) is 0.560. The van der Waals surface area contributed by atoms with Crippen LogP contribution in [0.1, 0.15) is 11.5 Å². The van der Waals surface area contributed by atoms with Crippen molar-refractivity contribution in [2.45, 2.75) is 13.1 Å². The molecule has 0 aliphatic heterocycles. The maximum Gasteiger partial charge on any atom is 0.450 e. The van der Waals surface area contributed by atoms with Gasteiger partial charge in [0.1, 0.15) is 4.83 Å². The molecule has 70 valence electrons. The van der Waals surface area contributed by atoms with Crippen LogP contribution < -0.4 is 0 Å². The van der Waals surface area contributed by atoms with E-state index in [9.17, 15) is 13.2 Å². The first-order chi connectivity index (χ1) is 6.00. The average molecular weight is 206 g/mol. The Labute approximate surface area is 75.6 Å². The highest BCUT2D eigenvalue weighted by atomic mass is 32.1. The Balaban J connectivity index is 2.76. The molecule has 0 saturated carbocycles. The fraction of sp³-hybridized carbons (Fsp3) is 0.286. The first-order valence-electron chi connectivity index (χ1n) is 3.49. The van der Waals surface area contributed by atoms with E-state index in [-0.39, 0.29) is 0 Å². The van der Waals surface area contributed by atoms with Crippen LogP contribution in [0.3, 0.4) is 0 Å². The van der Waals surface area contributed by atoms with Crippen molar-refractivity contribution in [3.8, 4) is 0 Å². The van der Waals surface area contributed by atoms with Crippen molar-refractivity contribution in [3.05, 3.63) is 23.1 Å². The van der Waals surface area contributed by atoms with Crippen molar-refractivity contribution >= 4 is 16.2 Å². The monoisotopic (exact) mass is 206 g/mol. The first kappa shape index (κ1) is 8.55. The van der Waals surface area contributed by atoms with Crippen molar-refractivity contribution in [3.63, 3.8) is 0 Å². The number of aryl methyl sites for hydroxylation is 1. The van der Waals surface area contributed by atoms with Crippen LogP contribution in [0, 0.1) is 6.92 Å². The highest BCUT2D eigenvalue weighted by Gasteiger charge is 2.36. The number of thiazole rings is 1. The lowest BCUT2D eigenvalue weighted by Crippen LogP contribution is -2.10. The van der Waals surface area contributed by atoms with Crippen LogP contribution in [0.4, 0.5) is 13.2 Å². The normalized spacial score (nSPS) is 12.6. The Bertz CT molecular complexity index is 440. The molecular weight excluding hydrogens is 201 g/mol. The number of imidazole rings is 1. The molecule has 0 aliphatic carbocycles. The fourth-order valence-corrected chi connectivity index (χ4v) is 2.00. The van der Waals surface area contributed by atoms with E-state index in [0.29, 0.717) is 10.5 Å². The van der Waals surface area contributed by atoms with Crippen LogP contribution in [0.15, 0.2) is 11.6 Å². The van der Waals surface area contributed by atoms with Gasteiger partial charge in [-0.25, -0.2) is 4.98 Å². The predicted octanol–water partition coefficient (Wildman–Crippen LogP) is 2.72. The van der Waals surface area contributed by atoms with Gasteiger partial charge in [0, 0.05) is 11.1 Å². The number of nitrogens with zero attached hydrogens (tertiary/aromatic N) is 2. The van der Waals surface area contributed by atoms with Gasteiger partial charge in [-0.2, -0.15) is 13.2 Å². The first-order valence-corrected chi connectivity index (χ1v) is 4.37. The van der Waals surface area contributed by atoms with Crippen molar-refractivity contribution in [1.82, 2.24) is 9.38 Å². The molecule has 2 aromatic rings. The Morgan fingerprint density at radius 1 is 1.46 bits per heavy atom. The van der Waals surface area contributed by atoms with E-state index in [1.807, 2.05) is 0 Å². The molecule has 0 fully saturated rings. The molecule has 0 saturated heterocycles. The minimum atomic E-state index is -4.38. The van der Waals surface area contributed by atoms with E-state index in [1.165, 1.54) is 17.5 Å². The zero-order chi connectivity index (χ0) is 9.64. The van der Waals surface area contributed by atoms with Gasteiger partial charge in [-0.05, 0) is 6.92 Å². The second-order valence-electron chi connectivity index (χ2n) is 2.63. The predicted molar refractivity (Wildman–Crippen MR) is 42.8 cm³/mol. The number of halogens is 3. The molecule has 0 aliphatic rings. The lowest BCUT2D eigenvalue weighted by atomic mass is 10.5. The molecule has 2 aromatic heterocycles. The molecule has 13 heavy (non-hydrogen) atoms. The van der Waals surface area contributed by atoms with Crippen LogP contribution in [-0.2, 0) is 6.18 Å². The van der Waals surface area contributed by atoms with Crippen molar-refractivity contribution in [2.75, 3.05) is 0 Å². The quantitative estimate of drug-likeness (QED) is 0.647. The molecule has 2 rings (SSSR count). The van der Waals surface area contributed by atoms with Gasteiger partial charge >= 0.3 is 6.18 Å². The maximum atomic E-state index is 12.3. The molecule has 0 spiro atoms. The van der Waals surface area contributed by atoms with Gasteiger partial charge in [-0.15, -0.1) is 11.3 Å². The standard InChI is InChI=1S/C7H5F3N2S/c1-4-3-13-5-2-11-6(12(4)5)7(8,9)10/h2-3H,1H3. The molecular formula is C7H5F3N2S. The molecule has 0 radical (unpaired) electrons. The SMILES string of the molecule is Cc1csc2cnc(C(F)(F)F)n12. The molecule has 0 aromatic carbocycles. The summed E-state index contributed by atoms with van der Waals surface area (Å²) in [7, 11) is 0. The average Bonchev–Trinajstić information content (AvgIpc) is 2.51. The third-order valence-electron chi connectivity index (χ3n) is 1.69. The summed E-state index contributed by atoms with van der Waals surface area (Å²) in [5, 5.41) is 1.67. The Kier molecular flexibility index (Phi) is 1.63. The maximum absolute atomic E-state index is 12.3. The van der Waals surface area contributed by atoms with Gasteiger partial charge in [-0.1, -0.05) is 0 Å². The molecule has 2 nitrogen and oxygen atoms in total. The fourth-order valence-electron chi connectivity index (χ4n) is 1.16. The molecule has 2 heterocycles. The second-order valence-corrected chi connectivity index (χ2v) is 3.52. The number of hydrogen-bond donors (Lipinski definition) is 0. The van der Waals surface area contributed by atoms with Gasteiger partial charge in [0.15, 0.2) is 0 Å². The topological polar surface area (TPSA) is 17.3 Å². The highest BCUT2D eigenvalue weighted by molar-refractivity contribution is 7.15. The molecule has 6 heteroatoms. The van der Waals surface area contributed by atoms with E-state index in [4.69, 9.17) is 0 Å². The van der Waals surface area contributed by atoms with E-state index >= 15 is 0 Å². The molecule has 0 amide bonds. The number of hydrogen-bond acceptors (Lipinski definition) is 2. The molecule has 0 atom stereocenters. The Hall–Kier alpha value is -1.04. The molecule has 0 N–H and O–H groups in total. The largest absolute Gasteiger partial charge is 0.450 e. The van der Waals surface area contributed by atoms with Gasteiger partial charge in [-0.3, -0.25) is 4.40 Å². The third-order valence-corrected chi connectivity index (χ3v) is 2.67. The Morgan fingerprint density at radius 3 is 2.77 bits per heavy atom. The van der Waals surface area contributed by atoms with Crippen LogP contribution in [0.2, 0.25) is 0 Å². The van der Waals surface area contributed by atoms with Gasteiger partial charge in [0.25, 0.3) is 0 Å². The summed E-state index contributed by atoms with van der Waals surface area (Å²) in [5.74, 6) is -0.846. The summed E-state index contributed by atoms with van der Waals surface area (Å²) >= 11 is 1.25. The van der Waals surface area contributed by atoms with Gasteiger partial charge in [0.05, 0.1) is 6.20 Å². The van der Waals surface area contributed by atoms with Crippen LogP contribution in [-0.4, -0.2) is 9.38 Å². The summed E-state index contributed by atoms with van der Waals surface area (Å²) in [6.07, 6.45) is -3.14. The van der Waals surface area contributed by atoms with E-state index in [1.54, 1.807) is 12.3 Å². The van der Waals surface area contributed by atoms with E-state index in [0.717, 1.165) is 4.40 Å². The van der Waals surface area contributed by atoms with Gasteiger partial charge in [0.2, 0.25) is 5.82 Å². The number of aromatic nitrogens is 2. The molecule has 0 bridgehead atoms. The third kappa shape index (κ3) is 1.21. The summed E-state index contributed by atoms with van der Waals surface area (Å²) in [4.78, 5) is 3.85. The number of rotatable bonds is 0. The number of fused-ring (bicyclic) bond motifs is 1. The zero-order valence-electron chi connectivity index (χ0n) is 6.59. The molecule has 0 unspecified atom stereocenters. The second kappa shape index (κ2) is 2.47. The zero-order valence-corrected chi connectivity index (χ0v) is 7.41. The minimum absolute atomic E-state index is 0.518. The highest BCUT2D eigenvalue weighted by Crippen LogP contribution is 2.31. The summed E-state index contributed by atoms with van der Waals surface area (Å²) < 4.78 is 38.1. The lowest BCUT2D eigenvalue weighted by molar-refractivity contribution is -0.145. The van der Waals surface area contributed by atoms with Crippen molar-refractivity contribution < 1.29 is 13.2 Å². The summed E-state index contributed by atoms with van der Waals surface area (Å²) in [6, 6.07) is 0. The lowest BCUT2D eigenvalue weighted by Gasteiger charge is -2.03. The van der Waals surface area contributed by atoms with Crippen molar-refractivity contribution in [2.24, 2.45) is 0 Å². The van der Waals surface area contributed by atoms with Crippen LogP contribution >= 0.6 is 11.3 Å². The smallest absolute Gasteiger partial charge is 0.284 e. The van der Waals surface area contributed by atoms with E-state index < -0.39 is 12.0 Å². The minimum Gasteiger partial charge on any atom is -0.284 e. The van der Waals surface area contributed by atoms with Gasteiger partial charge < -0.3 is 0 Å². The van der Waals surface area contributed by atoms with Crippen molar-refractivity contribution in [1.29, 1.82) is 0 Å². The summed E-state index contributed by atoms with van der Waals surface area (Å²) in [6.45, 7) is 1.63. The van der Waals surface area contributed by atoms with Crippen LogP contribution in [0.5, 0.6) is 0 Å². The number of alkyl halides is 3.